The van der Waals surface area contributed by atoms with E-state index in [0.717, 1.165) is 16.7 Å². The lowest BCUT2D eigenvalue weighted by Crippen LogP contribution is -2.54. The molecule has 1 N–H and O–H groups in total. The number of benzene rings is 2. The highest BCUT2D eigenvalue weighted by Gasteiger charge is 2.30. The summed E-state index contributed by atoms with van der Waals surface area (Å²) in [4.78, 5) is 27.8. The third kappa shape index (κ3) is 6.90. The molecule has 0 aliphatic carbocycles. The molecule has 162 valence electrons. The molecule has 2 aromatic rings. The lowest BCUT2D eigenvalue weighted by Gasteiger charge is -2.33. The summed E-state index contributed by atoms with van der Waals surface area (Å²) >= 11 is 0. The third-order valence-electron chi connectivity index (χ3n) is 4.80. The van der Waals surface area contributed by atoms with Crippen LogP contribution >= 0.6 is 0 Å². The van der Waals surface area contributed by atoms with Crippen LogP contribution in [0, 0.1) is 13.8 Å². The van der Waals surface area contributed by atoms with Gasteiger partial charge in [0.2, 0.25) is 5.91 Å². The third-order valence-corrected chi connectivity index (χ3v) is 4.80. The highest BCUT2D eigenvalue weighted by Crippen LogP contribution is 2.18. The van der Waals surface area contributed by atoms with Crippen LogP contribution in [0.4, 0.5) is 0 Å². The molecule has 0 aliphatic heterocycles. The van der Waals surface area contributed by atoms with Crippen LogP contribution in [0.25, 0.3) is 0 Å². The fraction of sp³-hybridized carbons (Fsp3) is 0.440. The number of amides is 2. The van der Waals surface area contributed by atoms with Gasteiger partial charge in [0.1, 0.15) is 11.8 Å². The van der Waals surface area contributed by atoms with E-state index >= 15 is 0 Å². The van der Waals surface area contributed by atoms with Crippen LogP contribution in [0.2, 0.25) is 0 Å². The fourth-order valence-corrected chi connectivity index (χ4v) is 3.20. The second-order valence-electron chi connectivity index (χ2n) is 8.72. The summed E-state index contributed by atoms with van der Waals surface area (Å²) in [5.41, 5.74) is 2.72. The molecule has 0 spiro atoms. The van der Waals surface area contributed by atoms with E-state index in [0.29, 0.717) is 18.7 Å². The zero-order valence-electron chi connectivity index (χ0n) is 19.0. The van der Waals surface area contributed by atoms with Crippen molar-refractivity contribution in [1.29, 1.82) is 0 Å². The standard InChI is InChI=1S/C25H34N2O3/c1-7-21(24(29)26-25(4,5)6)27(16-20-14-12-18(2)13-15-20)23(28)17-30-22-11-9-8-10-19(22)3/h8-15,21H,7,16-17H2,1-6H3,(H,26,29)/t21-/m0/s1. The molecule has 5 nitrogen and oxygen atoms in total. The van der Waals surface area contributed by atoms with Gasteiger partial charge in [-0.05, 0) is 58.2 Å². The molecular weight excluding hydrogens is 376 g/mol. The molecule has 30 heavy (non-hydrogen) atoms. The van der Waals surface area contributed by atoms with E-state index in [1.54, 1.807) is 4.90 Å². The number of aryl methyl sites for hydroxylation is 2. The summed E-state index contributed by atoms with van der Waals surface area (Å²) in [6, 6.07) is 15.0. The largest absolute Gasteiger partial charge is 0.484 e. The number of rotatable bonds is 8. The molecule has 1 atom stereocenters. The number of carbonyl (C=O) groups excluding carboxylic acids is 2. The maximum atomic E-state index is 13.2. The molecule has 0 radical (unpaired) electrons. The van der Waals surface area contributed by atoms with Crippen LogP contribution in [0.5, 0.6) is 5.75 Å². The van der Waals surface area contributed by atoms with Crippen molar-refractivity contribution in [2.24, 2.45) is 0 Å². The molecule has 2 amide bonds. The van der Waals surface area contributed by atoms with E-state index in [1.807, 2.05) is 90.1 Å². The number of nitrogens with zero attached hydrogens (tertiary/aromatic N) is 1. The minimum atomic E-state index is -0.571. The van der Waals surface area contributed by atoms with E-state index in [1.165, 1.54) is 0 Å². The van der Waals surface area contributed by atoms with Gasteiger partial charge in [0, 0.05) is 12.1 Å². The van der Waals surface area contributed by atoms with Crippen molar-refractivity contribution in [3.05, 3.63) is 65.2 Å². The van der Waals surface area contributed by atoms with E-state index in [9.17, 15) is 9.59 Å². The van der Waals surface area contributed by atoms with Crippen LogP contribution in [0.1, 0.15) is 50.8 Å². The van der Waals surface area contributed by atoms with E-state index in [2.05, 4.69) is 5.32 Å². The first-order valence-corrected chi connectivity index (χ1v) is 10.5. The quantitative estimate of drug-likeness (QED) is 0.701. The number of ether oxygens (including phenoxy) is 1. The van der Waals surface area contributed by atoms with Gasteiger partial charge >= 0.3 is 0 Å². The number of hydrogen-bond donors (Lipinski definition) is 1. The van der Waals surface area contributed by atoms with Crippen molar-refractivity contribution in [3.8, 4) is 5.75 Å². The second kappa shape index (κ2) is 10.3. The molecule has 0 aliphatic rings. The molecule has 0 aromatic heterocycles. The Labute approximate surface area is 180 Å². The Balaban J connectivity index is 2.24. The molecular formula is C25H34N2O3. The first-order valence-electron chi connectivity index (χ1n) is 10.5. The van der Waals surface area contributed by atoms with Gasteiger partial charge in [-0.2, -0.15) is 0 Å². The summed E-state index contributed by atoms with van der Waals surface area (Å²) in [6.07, 6.45) is 0.518. The molecule has 0 fully saturated rings. The number of hydrogen-bond acceptors (Lipinski definition) is 3. The van der Waals surface area contributed by atoms with Crippen molar-refractivity contribution < 1.29 is 14.3 Å². The van der Waals surface area contributed by atoms with Crippen molar-refractivity contribution in [2.75, 3.05) is 6.61 Å². The van der Waals surface area contributed by atoms with Crippen LogP contribution < -0.4 is 10.1 Å². The van der Waals surface area contributed by atoms with Crippen molar-refractivity contribution in [3.63, 3.8) is 0 Å². The smallest absolute Gasteiger partial charge is 0.261 e. The molecule has 2 rings (SSSR count). The predicted molar refractivity (Wildman–Crippen MR) is 120 cm³/mol. The van der Waals surface area contributed by atoms with E-state index < -0.39 is 6.04 Å². The summed E-state index contributed by atoms with van der Waals surface area (Å²) < 4.78 is 5.79. The Morgan fingerprint density at radius 3 is 2.23 bits per heavy atom. The monoisotopic (exact) mass is 410 g/mol. The van der Waals surface area contributed by atoms with Gasteiger partial charge in [0.05, 0.1) is 0 Å². The van der Waals surface area contributed by atoms with Crippen molar-refractivity contribution >= 4 is 11.8 Å². The van der Waals surface area contributed by atoms with E-state index in [-0.39, 0.29) is 24.0 Å². The predicted octanol–water partition coefficient (Wildman–Crippen LogP) is 4.40. The van der Waals surface area contributed by atoms with E-state index in [4.69, 9.17) is 4.74 Å². The number of carbonyl (C=O) groups is 2. The Morgan fingerprint density at radius 1 is 1.03 bits per heavy atom. The second-order valence-corrected chi connectivity index (χ2v) is 8.72. The van der Waals surface area contributed by atoms with Crippen LogP contribution in [0.15, 0.2) is 48.5 Å². The molecule has 0 saturated carbocycles. The van der Waals surface area contributed by atoms with Gasteiger partial charge in [-0.25, -0.2) is 0 Å². The molecule has 0 saturated heterocycles. The van der Waals surface area contributed by atoms with Crippen molar-refractivity contribution in [1.82, 2.24) is 10.2 Å². The Hall–Kier alpha value is -2.82. The van der Waals surface area contributed by atoms with Gasteiger partial charge < -0.3 is 15.0 Å². The SMILES string of the molecule is CC[C@@H](C(=O)NC(C)(C)C)N(Cc1ccc(C)cc1)C(=O)COc1ccccc1C. The highest BCUT2D eigenvalue weighted by atomic mass is 16.5. The minimum Gasteiger partial charge on any atom is -0.484 e. The Kier molecular flexibility index (Phi) is 8.04. The Morgan fingerprint density at radius 2 is 1.67 bits per heavy atom. The molecule has 0 bridgehead atoms. The highest BCUT2D eigenvalue weighted by molar-refractivity contribution is 5.88. The zero-order chi connectivity index (χ0) is 22.3. The lowest BCUT2D eigenvalue weighted by molar-refractivity contribution is -0.143. The summed E-state index contributed by atoms with van der Waals surface area (Å²) in [5, 5.41) is 3.01. The van der Waals surface area contributed by atoms with Gasteiger partial charge in [-0.1, -0.05) is 55.0 Å². The zero-order valence-corrected chi connectivity index (χ0v) is 19.0. The summed E-state index contributed by atoms with van der Waals surface area (Å²) in [5.74, 6) is 0.310. The summed E-state index contributed by atoms with van der Waals surface area (Å²) in [6.45, 7) is 11.9. The van der Waals surface area contributed by atoms with Crippen LogP contribution in [0.3, 0.4) is 0 Å². The molecule has 0 unspecified atom stereocenters. The van der Waals surface area contributed by atoms with Crippen molar-refractivity contribution in [2.45, 2.75) is 66.1 Å². The molecule has 0 heterocycles. The summed E-state index contributed by atoms with van der Waals surface area (Å²) in [7, 11) is 0. The topological polar surface area (TPSA) is 58.6 Å². The van der Waals surface area contributed by atoms with Crippen LogP contribution in [-0.4, -0.2) is 34.9 Å². The fourth-order valence-electron chi connectivity index (χ4n) is 3.20. The lowest BCUT2D eigenvalue weighted by atomic mass is 10.1. The first-order chi connectivity index (χ1) is 14.1. The Bertz CT molecular complexity index is 853. The minimum absolute atomic E-state index is 0.115. The molecule has 5 heteroatoms. The average molecular weight is 411 g/mol. The maximum absolute atomic E-state index is 13.2. The normalized spacial score (nSPS) is 12.2. The average Bonchev–Trinajstić information content (AvgIpc) is 2.67. The first kappa shape index (κ1) is 23.5. The van der Waals surface area contributed by atoms with Gasteiger partial charge in [0.25, 0.3) is 5.91 Å². The number of nitrogens with one attached hydrogen (secondary N) is 1. The maximum Gasteiger partial charge on any atom is 0.261 e. The van der Waals surface area contributed by atoms with Gasteiger partial charge in [-0.15, -0.1) is 0 Å². The van der Waals surface area contributed by atoms with Gasteiger partial charge in [0.15, 0.2) is 6.61 Å². The molecule has 2 aromatic carbocycles. The van der Waals surface area contributed by atoms with Crippen LogP contribution in [-0.2, 0) is 16.1 Å². The number of para-hydroxylation sites is 1. The van der Waals surface area contributed by atoms with Gasteiger partial charge in [-0.3, -0.25) is 9.59 Å².